The number of aliphatic imine (C=N–C) groups is 4. The van der Waals surface area contributed by atoms with Gasteiger partial charge < -0.3 is 27.0 Å². The molecule has 0 bridgehead atoms. The van der Waals surface area contributed by atoms with Crippen LogP contribution in [0.3, 0.4) is 0 Å². The second-order valence-corrected chi connectivity index (χ2v) is 22.7. The third-order valence-electron chi connectivity index (χ3n) is 13.1. The first-order valence-corrected chi connectivity index (χ1v) is 27.2. The zero-order chi connectivity index (χ0) is 48.4. The van der Waals surface area contributed by atoms with Gasteiger partial charge in [-0.2, -0.15) is 0 Å². The third-order valence-corrected chi connectivity index (χ3v) is 17.1. The van der Waals surface area contributed by atoms with Crippen LogP contribution in [0.25, 0.3) is 0 Å². The summed E-state index contributed by atoms with van der Waals surface area (Å²) in [6.45, 7) is 22.9. The number of hydrogen-bond acceptors (Lipinski definition) is 9. The molecule has 4 heterocycles. The highest BCUT2D eigenvalue weighted by Gasteiger charge is 2.53. The van der Waals surface area contributed by atoms with E-state index in [-0.39, 0.29) is 24.2 Å². The molecule has 13 heteroatoms. The van der Waals surface area contributed by atoms with Gasteiger partial charge in [0.1, 0.15) is 76.5 Å². The molecule has 4 aliphatic heterocycles. The van der Waals surface area contributed by atoms with E-state index in [1.54, 1.807) is 0 Å². The summed E-state index contributed by atoms with van der Waals surface area (Å²) in [5.41, 5.74) is 8.70. The lowest BCUT2D eigenvalue weighted by atomic mass is 10.1. The van der Waals surface area contributed by atoms with E-state index in [9.17, 15) is 0 Å². The summed E-state index contributed by atoms with van der Waals surface area (Å²) in [5.74, 6) is 2.58. The molecule has 4 aromatic rings. The second-order valence-electron chi connectivity index (χ2n) is 19.5. The van der Waals surface area contributed by atoms with Crippen molar-refractivity contribution in [2.24, 2.45) is 20.0 Å². The van der Waals surface area contributed by atoms with E-state index in [2.05, 4.69) is 121 Å². The van der Waals surface area contributed by atoms with Crippen LogP contribution in [0.1, 0.15) is 77.6 Å². The molecule has 0 aliphatic carbocycles. The minimum atomic E-state index is -2.99. The van der Waals surface area contributed by atoms with E-state index in [1.807, 2.05) is 79.7 Å². The van der Waals surface area contributed by atoms with Gasteiger partial charge >= 0.3 is 30.3 Å². The molecular weight excluding hydrogens is 891 g/mol. The van der Waals surface area contributed by atoms with Gasteiger partial charge in [-0.1, -0.05) is 121 Å². The van der Waals surface area contributed by atoms with Gasteiger partial charge in [0, 0.05) is 45.1 Å². The summed E-state index contributed by atoms with van der Waals surface area (Å²) >= 11 is -5.98. The molecule has 0 amide bonds. The van der Waals surface area contributed by atoms with Gasteiger partial charge in [0.25, 0.3) is 0 Å². The molecule has 0 radical (unpaired) electrons. The molecule has 8 rings (SSSR count). The van der Waals surface area contributed by atoms with Crippen molar-refractivity contribution in [3.8, 4) is 0 Å². The van der Waals surface area contributed by atoms with Crippen molar-refractivity contribution >= 4 is 53.1 Å². The molecule has 69 heavy (non-hydrogen) atoms. The van der Waals surface area contributed by atoms with Crippen LogP contribution < -0.4 is 0 Å². The normalized spacial score (nSPS) is 26.0. The Bertz CT molecular complexity index is 2270. The first-order chi connectivity index (χ1) is 33.3. The van der Waals surface area contributed by atoms with Crippen molar-refractivity contribution in [2.75, 3.05) is 26.2 Å². The van der Waals surface area contributed by atoms with E-state index < -0.39 is 30.3 Å². The Morgan fingerprint density at radius 1 is 0.377 bits per heavy atom. The maximum absolute atomic E-state index is 6.72. The van der Waals surface area contributed by atoms with Crippen LogP contribution in [0.2, 0.25) is 0 Å². The van der Waals surface area contributed by atoms with Crippen LogP contribution in [0.15, 0.2) is 189 Å². The SMILES string of the molecule is CC1=N[C@@H]2C[N+](Cc3ccccc3)(Cc3ccccc3)C[C@H]2N=C(C)/C=C(/C)[O][Al]([O][Al]2[O]/C(C)=C\C(C)=N[C@@H]3C[N+](Cc4ccccc4)(Cc4ccccc4)C[C@H]3N=C(C)/C=C(/C)[O]2)[O]/C(C)=C\1. The molecule has 4 aliphatic rings. The van der Waals surface area contributed by atoms with Crippen molar-refractivity contribution in [2.45, 2.75) is 106 Å². The average molecular weight is 959 g/mol. The van der Waals surface area contributed by atoms with E-state index in [4.69, 9.17) is 38.0 Å². The molecule has 356 valence electrons. The number of quaternary nitrogens is 2. The predicted molar refractivity (Wildman–Crippen MR) is 280 cm³/mol. The summed E-state index contributed by atoms with van der Waals surface area (Å²) in [6, 6.07) is 43.1. The lowest BCUT2D eigenvalue weighted by Gasteiger charge is -2.35. The Hall–Kier alpha value is -5.34. The van der Waals surface area contributed by atoms with Crippen molar-refractivity contribution in [3.63, 3.8) is 0 Å². The van der Waals surface area contributed by atoms with Crippen molar-refractivity contribution in [1.29, 1.82) is 0 Å². The van der Waals surface area contributed by atoms with Crippen LogP contribution in [-0.4, -0.2) is 112 Å². The Morgan fingerprint density at radius 2 is 0.594 bits per heavy atom. The predicted octanol–water partition coefficient (Wildman–Crippen LogP) is 10.5. The number of hydrogen-bond donors (Lipinski definition) is 0. The van der Waals surface area contributed by atoms with Gasteiger partial charge in [-0.05, 0) is 79.7 Å². The molecule has 0 N–H and O–H groups in total. The number of likely N-dealkylation sites (tertiary alicyclic amines) is 2. The topological polar surface area (TPSA) is 95.6 Å². The summed E-state index contributed by atoms with van der Waals surface area (Å²) in [6.07, 6.45) is 7.91. The van der Waals surface area contributed by atoms with Crippen LogP contribution >= 0.6 is 0 Å². The largest absolute Gasteiger partial charge is 1.07 e. The number of nitrogens with zero attached hydrogens (tertiary/aromatic N) is 6. The highest BCUT2D eigenvalue weighted by molar-refractivity contribution is 6.52. The van der Waals surface area contributed by atoms with E-state index in [0.717, 1.165) is 84.2 Å². The monoisotopic (exact) mass is 958 g/mol. The maximum atomic E-state index is 6.72. The van der Waals surface area contributed by atoms with Crippen LogP contribution in [0, 0.1) is 0 Å². The van der Waals surface area contributed by atoms with Gasteiger partial charge in [-0.25, -0.2) is 0 Å². The maximum Gasteiger partial charge on any atom is 1.07 e. The Kier molecular flexibility index (Phi) is 16.7. The molecule has 0 spiro atoms. The molecule has 0 unspecified atom stereocenters. The van der Waals surface area contributed by atoms with Crippen molar-refractivity contribution in [1.82, 2.24) is 0 Å². The highest BCUT2D eigenvalue weighted by Crippen LogP contribution is 2.33. The van der Waals surface area contributed by atoms with Crippen molar-refractivity contribution in [3.05, 3.63) is 191 Å². The summed E-state index contributed by atoms with van der Waals surface area (Å²) in [7, 11) is 0. The molecule has 11 nitrogen and oxygen atoms in total. The second kappa shape index (κ2) is 23.1. The smallest absolute Gasteiger partial charge is 0.592 e. The van der Waals surface area contributed by atoms with Gasteiger partial charge in [0.05, 0.1) is 23.0 Å². The van der Waals surface area contributed by atoms with E-state index >= 15 is 0 Å². The number of fused-ring (bicyclic) bond motifs is 2. The minimum absolute atomic E-state index is 0.0287. The van der Waals surface area contributed by atoms with Gasteiger partial charge in [0.15, 0.2) is 0 Å². The number of benzene rings is 4. The quantitative estimate of drug-likeness (QED) is 0.117. The lowest BCUT2D eigenvalue weighted by Crippen LogP contribution is -2.45. The Balaban J connectivity index is 1.03. The fraction of sp³-hybridized carbons (Fsp3) is 0.357. The number of rotatable bonds is 10. The Labute approximate surface area is 420 Å². The standard InChI is InChI=1S/2C28H35N3O2.2Al.O/c2*1-21(15-23(3)32)29-27-19-31(17-25-11-7-5-8-12-25,18-26-13-9-6-10-14-26)20-28(27)30-22(2)16-24(4)33;;;/h2*5-16,27-28H,17-20H2,1-4H3,(H-,29,30,32,33);;;/q;;2*+2;/p-2/t2*27-,28-;;;/m11.../s1. The van der Waals surface area contributed by atoms with Crippen LogP contribution in [0.5, 0.6) is 0 Å². The lowest BCUT2D eigenvalue weighted by molar-refractivity contribution is -0.943. The van der Waals surface area contributed by atoms with Crippen molar-refractivity contribution < 1.29 is 27.0 Å². The fourth-order valence-corrected chi connectivity index (χ4v) is 13.8. The molecule has 2 fully saturated rings. The first-order valence-electron chi connectivity index (χ1n) is 24.4. The Morgan fingerprint density at radius 3 is 0.812 bits per heavy atom. The van der Waals surface area contributed by atoms with Gasteiger partial charge in [-0.15, -0.1) is 0 Å². The zero-order valence-electron chi connectivity index (χ0n) is 41.7. The van der Waals surface area contributed by atoms with E-state index in [0.29, 0.717) is 23.0 Å². The van der Waals surface area contributed by atoms with Crippen LogP contribution in [0.4, 0.5) is 0 Å². The average Bonchev–Trinajstić information content (AvgIpc) is 3.77. The fourth-order valence-electron chi connectivity index (χ4n) is 10.6. The molecular formula is C56H68Al2N6O5+2. The molecule has 0 aromatic heterocycles. The van der Waals surface area contributed by atoms with Gasteiger partial charge in [-0.3, -0.25) is 20.0 Å². The summed E-state index contributed by atoms with van der Waals surface area (Å²) < 4.78 is 34.8. The summed E-state index contributed by atoms with van der Waals surface area (Å²) in [4.78, 5) is 21.5. The van der Waals surface area contributed by atoms with Gasteiger partial charge in [0.2, 0.25) is 0 Å². The molecule has 2 saturated heterocycles. The van der Waals surface area contributed by atoms with E-state index in [1.165, 1.54) is 22.3 Å². The highest BCUT2D eigenvalue weighted by atomic mass is 27.3. The molecule has 4 aromatic carbocycles. The van der Waals surface area contributed by atoms with Crippen LogP contribution in [-0.2, 0) is 44.2 Å². The zero-order valence-corrected chi connectivity index (χ0v) is 44.0. The summed E-state index contributed by atoms with van der Waals surface area (Å²) in [5, 5.41) is 0. The first kappa shape index (κ1) is 50.1. The molecule has 0 saturated carbocycles. The third kappa shape index (κ3) is 14.4. The number of allylic oxidation sites excluding steroid dienone is 8. The minimum Gasteiger partial charge on any atom is -0.592 e. The molecule has 4 atom stereocenters.